The molecule has 2 atom stereocenters. The Morgan fingerprint density at radius 1 is 0.412 bits per heavy atom. The number of hydrogen-bond donors (Lipinski definition) is 6. The third kappa shape index (κ3) is 46.2. The van der Waals surface area contributed by atoms with Gasteiger partial charge in [0.1, 0.15) is 6.04 Å². The average molecular weight is 1130 g/mol. The summed E-state index contributed by atoms with van der Waals surface area (Å²) in [6, 6.07) is -0.997. The summed E-state index contributed by atoms with van der Waals surface area (Å²) in [6.07, 6.45) is 36.1. The molecule has 1 aliphatic rings. The van der Waals surface area contributed by atoms with Crippen molar-refractivity contribution in [2.24, 2.45) is 5.92 Å². The molecule has 462 valence electrons. The van der Waals surface area contributed by atoms with Crippen molar-refractivity contribution in [2.75, 3.05) is 92.1 Å². The van der Waals surface area contributed by atoms with Crippen LogP contribution in [0.5, 0.6) is 0 Å². The molecule has 0 spiro atoms. The molecule has 0 aromatic rings. The highest BCUT2D eigenvalue weighted by Crippen LogP contribution is 2.15. The van der Waals surface area contributed by atoms with Gasteiger partial charge in [-0.1, -0.05) is 175 Å². The highest BCUT2D eigenvalue weighted by Gasteiger charge is 2.24. The number of ether oxygens (including phenoxy) is 4. The smallest absolute Gasteiger partial charge is 0.253 e. The van der Waals surface area contributed by atoms with E-state index in [2.05, 4.69) is 45.7 Å². The zero-order valence-corrected chi connectivity index (χ0v) is 50.2. The number of hydrogen-bond acceptors (Lipinski definition) is 12. The maximum atomic E-state index is 13.3. The van der Waals surface area contributed by atoms with Gasteiger partial charge in [0.2, 0.25) is 35.4 Å². The molecule has 19 nitrogen and oxygen atoms in total. The second-order valence-corrected chi connectivity index (χ2v) is 21.5. The van der Waals surface area contributed by atoms with E-state index in [1.165, 1.54) is 153 Å². The van der Waals surface area contributed by atoms with Gasteiger partial charge >= 0.3 is 0 Å². The summed E-state index contributed by atoms with van der Waals surface area (Å²) in [6.45, 7) is 9.83. The summed E-state index contributed by atoms with van der Waals surface area (Å²) >= 11 is 0. The Morgan fingerprint density at radius 3 is 1.26 bits per heavy atom. The van der Waals surface area contributed by atoms with Crippen molar-refractivity contribution >= 4 is 47.3 Å². The van der Waals surface area contributed by atoms with Crippen LogP contribution in [0.2, 0.25) is 0 Å². The maximum Gasteiger partial charge on any atom is 0.253 e. The van der Waals surface area contributed by atoms with E-state index in [0.717, 1.165) is 30.6 Å². The summed E-state index contributed by atoms with van der Waals surface area (Å²) < 4.78 is 22.4. The van der Waals surface area contributed by atoms with Gasteiger partial charge in [0.05, 0.1) is 52.9 Å². The van der Waals surface area contributed by atoms with Gasteiger partial charge in [-0.15, -0.1) is 0 Å². The summed E-state index contributed by atoms with van der Waals surface area (Å²) in [5, 5.41) is 16.9. The summed E-state index contributed by atoms with van der Waals surface area (Å²) in [5.41, 5.74) is 0. The number of nitrogens with zero attached hydrogens (tertiary/aromatic N) is 1. The van der Waals surface area contributed by atoms with Crippen molar-refractivity contribution < 1.29 is 57.3 Å². The van der Waals surface area contributed by atoms with Gasteiger partial charge in [-0.25, -0.2) is 0 Å². The zero-order chi connectivity index (χ0) is 58.4. The van der Waals surface area contributed by atoms with Crippen molar-refractivity contribution in [2.45, 2.75) is 232 Å². The average Bonchev–Trinajstić information content (AvgIpc) is 3.78. The van der Waals surface area contributed by atoms with E-state index >= 15 is 0 Å². The quantitative estimate of drug-likeness (QED) is 0.0249. The predicted octanol–water partition coefficient (Wildman–Crippen LogP) is 8.20. The molecule has 1 unspecified atom stereocenters. The zero-order valence-electron chi connectivity index (χ0n) is 50.2. The maximum absolute atomic E-state index is 13.3. The van der Waals surface area contributed by atoms with Gasteiger partial charge < -0.3 is 50.8 Å². The monoisotopic (exact) mass is 1130 g/mol. The lowest BCUT2D eigenvalue weighted by atomic mass is 10.0. The van der Waals surface area contributed by atoms with Crippen molar-refractivity contribution in [1.29, 1.82) is 0 Å². The highest BCUT2D eigenvalue weighted by atomic mass is 16.5. The van der Waals surface area contributed by atoms with Crippen molar-refractivity contribution in [1.82, 2.24) is 36.8 Å². The van der Waals surface area contributed by atoms with Crippen LogP contribution in [-0.2, 0) is 57.3 Å². The van der Waals surface area contributed by atoms with Crippen LogP contribution in [0.3, 0.4) is 0 Å². The largest absolute Gasteiger partial charge is 0.379 e. The first-order chi connectivity index (χ1) is 39.0. The number of imide groups is 1. The molecular weight excluding hydrogens is 1020 g/mol. The van der Waals surface area contributed by atoms with E-state index in [4.69, 9.17) is 18.9 Å². The number of amides is 8. The summed E-state index contributed by atoms with van der Waals surface area (Å²) in [7, 11) is 0. The summed E-state index contributed by atoms with van der Waals surface area (Å²) in [5.74, 6) is -2.27. The molecule has 1 heterocycles. The number of carbonyl (C=O) groups is 8. The number of nitrogens with one attached hydrogen (secondary N) is 6. The van der Waals surface area contributed by atoms with Crippen LogP contribution in [0.4, 0.5) is 0 Å². The van der Waals surface area contributed by atoms with Crippen molar-refractivity contribution in [3.8, 4) is 0 Å². The molecule has 0 bridgehead atoms. The lowest BCUT2D eigenvalue weighted by Gasteiger charge is -2.19. The molecule has 0 aliphatic carbocycles. The molecule has 0 saturated heterocycles. The van der Waals surface area contributed by atoms with Crippen LogP contribution in [0, 0.1) is 5.92 Å². The fourth-order valence-corrected chi connectivity index (χ4v) is 9.01. The Balaban J connectivity index is 2.34. The second-order valence-electron chi connectivity index (χ2n) is 21.5. The Labute approximate surface area is 482 Å². The van der Waals surface area contributed by atoms with Gasteiger partial charge in [0.15, 0.2) is 0 Å². The third-order valence-electron chi connectivity index (χ3n) is 13.9. The van der Waals surface area contributed by atoms with E-state index in [9.17, 15) is 38.4 Å². The lowest BCUT2D eigenvalue weighted by Crippen LogP contribution is -2.48. The highest BCUT2D eigenvalue weighted by molar-refractivity contribution is 6.13. The third-order valence-corrected chi connectivity index (χ3v) is 13.9. The molecular formula is C61H111N7O12. The van der Waals surface area contributed by atoms with Gasteiger partial charge in [-0.2, -0.15) is 0 Å². The Morgan fingerprint density at radius 2 is 0.787 bits per heavy atom. The van der Waals surface area contributed by atoms with E-state index in [0.29, 0.717) is 39.1 Å². The Hall–Kier alpha value is -4.46. The first-order valence-electron chi connectivity index (χ1n) is 31.4. The van der Waals surface area contributed by atoms with E-state index in [1.807, 2.05) is 6.92 Å². The fourth-order valence-electron chi connectivity index (χ4n) is 9.01. The molecule has 6 N–H and O–H groups in total. The normalized spacial score (nSPS) is 12.9. The number of carbonyl (C=O) groups excluding carboxylic acids is 8. The molecule has 0 radical (unpaired) electrons. The van der Waals surface area contributed by atoms with Crippen LogP contribution in [-0.4, -0.2) is 150 Å². The standard InChI is InChI=1S/C61H111N7O12/c1-4-6-8-10-12-14-16-18-20-22-24-26-28-30-54(69)62-38-44-78-45-39-63-56(71)33-32-53(67-58(73)37-43-77-48-49-79-46-40-64-57(72)36-42-68-59(74)34-35-60(68)75)61(76)65-41-47-80-51-52(3)50-66-55(70)31-29-27-25-23-21-19-17-15-13-11-9-7-5-2/h34-35,52-53H,4-33,36-51H2,1-3H3,(H,62,69)(H,63,71)(H,64,72)(H,65,76)(H,66,70)(H,67,73)/t52?,53-/m0/s1. The Kier molecular flexibility index (Phi) is 49.5. The SMILES string of the molecule is CCCCCCCCCCCCCCCC(=O)NCCOCCNC(=O)CC[C@H](NC(=O)CCOCCOCCNC(=O)CCN1C(=O)C=CC1=O)C(=O)NCCOCC(C)CNC(=O)CCCCCCCCCCCCCCC. The van der Waals surface area contributed by atoms with Gasteiger partial charge in [-0.05, 0) is 25.2 Å². The molecule has 0 aromatic heterocycles. The topological polar surface area (TPSA) is 249 Å². The van der Waals surface area contributed by atoms with E-state index in [-0.39, 0.29) is 121 Å². The van der Waals surface area contributed by atoms with Crippen LogP contribution < -0.4 is 31.9 Å². The molecule has 0 aromatic carbocycles. The molecule has 0 saturated carbocycles. The van der Waals surface area contributed by atoms with Crippen molar-refractivity contribution in [3.63, 3.8) is 0 Å². The first kappa shape index (κ1) is 73.6. The van der Waals surface area contributed by atoms with E-state index in [1.54, 1.807) is 0 Å². The van der Waals surface area contributed by atoms with Crippen LogP contribution in [0.25, 0.3) is 0 Å². The van der Waals surface area contributed by atoms with Crippen LogP contribution in [0.15, 0.2) is 12.2 Å². The van der Waals surface area contributed by atoms with Crippen molar-refractivity contribution in [3.05, 3.63) is 12.2 Å². The summed E-state index contributed by atoms with van der Waals surface area (Å²) in [4.78, 5) is 100. The molecule has 1 rings (SSSR count). The van der Waals surface area contributed by atoms with Gasteiger partial charge in [-0.3, -0.25) is 43.3 Å². The minimum atomic E-state index is -0.997. The van der Waals surface area contributed by atoms with Crippen LogP contribution >= 0.6 is 0 Å². The minimum Gasteiger partial charge on any atom is -0.379 e. The first-order valence-corrected chi connectivity index (χ1v) is 31.4. The lowest BCUT2D eigenvalue weighted by molar-refractivity contribution is -0.137. The second kappa shape index (κ2) is 53.8. The van der Waals surface area contributed by atoms with Gasteiger partial charge in [0.25, 0.3) is 11.8 Å². The molecule has 1 aliphatic heterocycles. The molecule has 8 amide bonds. The Bertz CT molecular complexity index is 1650. The van der Waals surface area contributed by atoms with Gasteiger partial charge in [0, 0.05) is 83.5 Å². The van der Waals surface area contributed by atoms with Crippen LogP contribution in [0.1, 0.15) is 226 Å². The number of unbranched alkanes of at least 4 members (excludes halogenated alkanes) is 24. The van der Waals surface area contributed by atoms with E-state index < -0.39 is 29.7 Å². The molecule has 0 fully saturated rings. The molecule has 80 heavy (non-hydrogen) atoms. The predicted molar refractivity (Wildman–Crippen MR) is 314 cm³/mol. The fraction of sp³-hybridized carbons (Fsp3) is 0.836. The number of rotatable bonds is 58. The molecule has 19 heteroatoms. The minimum absolute atomic E-state index is 0.00257.